The van der Waals surface area contributed by atoms with Gasteiger partial charge in [-0.05, 0) is 72.4 Å². The average Bonchev–Trinajstić information content (AvgIpc) is 3.58. The number of rotatable bonds is 3. The maximum Gasteiger partial charge on any atom is 0.225 e. The number of nitrogens with zero attached hydrogens (tertiary/aromatic N) is 10. The molecule has 0 saturated carbocycles. The van der Waals surface area contributed by atoms with Gasteiger partial charge in [0.1, 0.15) is 29.4 Å². The lowest BCUT2D eigenvalue weighted by molar-refractivity contribution is 1.06. The molecule has 0 radical (unpaired) electrons. The zero-order valence-corrected chi connectivity index (χ0v) is 24.4. The van der Waals surface area contributed by atoms with E-state index in [1.54, 1.807) is 25.0 Å². The van der Waals surface area contributed by atoms with Crippen LogP contribution in [0.1, 0.15) is 11.1 Å². The Morgan fingerprint density at radius 2 is 1.17 bits per heavy atom. The van der Waals surface area contributed by atoms with Crippen LogP contribution in [0.5, 0.6) is 0 Å². The van der Waals surface area contributed by atoms with Gasteiger partial charge >= 0.3 is 0 Å². The van der Waals surface area contributed by atoms with Gasteiger partial charge in [-0.25, -0.2) is 29.9 Å². The molecule has 11 nitrogen and oxygen atoms in total. The van der Waals surface area contributed by atoms with Crippen LogP contribution >= 0.6 is 34.8 Å². The van der Waals surface area contributed by atoms with Crippen molar-refractivity contribution in [2.24, 2.45) is 0 Å². The second-order valence-corrected chi connectivity index (χ2v) is 10.2. The summed E-state index contributed by atoms with van der Waals surface area (Å²) in [6, 6.07) is 16.0. The van der Waals surface area contributed by atoms with Crippen molar-refractivity contribution in [3.63, 3.8) is 0 Å². The molecular formula is C28H20Cl3N11. The molecule has 14 heteroatoms. The molecule has 2 N–H and O–H groups in total. The number of anilines is 1. The van der Waals surface area contributed by atoms with E-state index in [0.29, 0.717) is 33.6 Å². The van der Waals surface area contributed by atoms with Gasteiger partial charge in [0, 0.05) is 29.3 Å². The van der Waals surface area contributed by atoms with Crippen LogP contribution in [0, 0.1) is 13.8 Å². The highest BCUT2D eigenvalue weighted by Crippen LogP contribution is 2.28. The molecule has 7 aromatic rings. The highest BCUT2D eigenvalue weighted by molar-refractivity contribution is 6.35. The van der Waals surface area contributed by atoms with E-state index < -0.39 is 0 Å². The van der Waals surface area contributed by atoms with E-state index in [2.05, 4.69) is 39.9 Å². The highest BCUT2D eigenvalue weighted by atomic mass is 35.5. The van der Waals surface area contributed by atoms with E-state index in [4.69, 9.17) is 40.5 Å². The molecule has 7 rings (SSSR count). The second-order valence-electron chi connectivity index (χ2n) is 9.21. The van der Waals surface area contributed by atoms with E-state index in [1.807, 2.05) is 71.5 Å². The summed E-state index contributed by atoms with van der Waals surface area (Å²) in [5.41, 5.74) is 13.4. The molecule has 0 spiro atoms. The van der Waals surface area contributed by atoms with Crippen molar-refractivity contribution in [3.05, 3.63) is 100 Å². The minimum Gasteiger partial charge on any atom is -0.368 e. The van der Waals surface area contributed by atoms with Gasteiger partial charge < -0.3 is 5.73 Å². The SMILES string of the molecule is Cc1cccc(-n2cnc3c(-c4cnc(N)nc4)nc(Cl)nc32)c1.Cc1cccc(-n2cnc3c(Cl)nc(Cl)nc32)c1. The van der Waals surface area contributed by atoms with Crippen molar-refractivity contribution in [1.29, 1.82) is 0 Å². The number of hydrogen-bond acceptors (Lipinski definition) is 9. The van der Waals surface area contributed by atoms with Gasteiger partial charge in [-0.3, -0.25) is 9.13 Å². The first-order valence-corrected chi connectivity index (χ1v) is 13.6. The summed E-state index contributed by atoms with van der Waals surface area (Å²) in [6.45, 7) is 4.05. The molecule has 5 aromatic heterocycles. The maximum absolute atomic E-state index is 6.12. The molecule has 208 valence electrons. The number of nitrogens with two attached hydrogens (primary N) is 1. The van der Waals surface area contributed by atoms with Crippen LogP contribution in [-0.4, -0.2) is 49.0 Å². The quantitative estimate of drug-likeness (QED) is 0.180. The van der Waals surface area contributed by atoms with Crippen molar-refractivity contribution < 1.29 is 0 Å². The summed E-state index contributed by atoms with van der Waals surface area (Å²) < 4.78 is 3.71. The summed E-state index contributed by atoms with van der Waals surface area (Å²) in [5.74, 6) is 0.195. The standard InChI is InChI=1S/C16H12ClN7.C12H8Cl2N4/c1-9-3-2-4-11(5-9)24-8-21-13-12(22-15(17)23-14(13)24)10-6-19-16(18)20-7-10;1-7-3-2-4-8(5-7)18-6-15-9-10(13)16-12(14)17-11(9)18/h2-8H,1H3,(H2,18,19,20);2-6H,1H3. The molecule has 0 bridgehead atoms. The molecule has 0 aliphatic carbocycles. The molecule has 0 unspecified atom stereocenters. The van der Waals surface area contributed by atoms with Gasteiger partial charge in [0.2, 0.25) is 16.5 Å². The number of nitrogen functional groups attached to an aromatic ring is 1. The van der Waals surface area contributed by atoms with Crippen LogP contribution in [-0.2, 0) is 0 Å². The molecule has 0 atom stereocenters. The van der Waals surface area contributed by atoms with Crippen LogP contribution in [0.25, 0.3) is 45.0 Å². The number of halogens is 3. The van der Waals surface area contributed by atoms with Gasteiger partial charge in [-0.15, -0.1) is 0 Å². The monoisotopic (exact) mass is 615 g/mol. The molecule has 5 heterocycles. The van der Waals surface area contributed by atoms with Crippen LogP contribution in [0.3, 0.4) is 0 Å². The zero-order valence-electron chi connectivity index (χ0n) is 22.1. The van der Waals surface area contributed by atoms with Gasteiger partial charge in [0.25, 0.3) is 0 Å². The highest BCUT2D eigenvalue weighted by Gasteiger charge is 2.16. The smallest absolute Gasteiger partial charge is 0.225 e. The van der Waals surface area contributed by atoms with Crippen molar-refractivity contribution in [2.75, 3.05) is 5.73 Å². The minimum atomic E-state index is 0.113. The molecule has 2 aromatic carbocycles. The third-order valence-electron chi connectivity index (χ3n) is 6.20. The Labute approximate surface area is 254 Å². The number of aryl methyl sites for hydroxylation is 2. The molecule has 0 aliphatic heterocycles. The van der Waals surface area contributed by atoms with Crippen LogP contribution in [0.2, 0.25) is 15.7 Å². The number of imidazole rings is 2. The topological polar surface area (TPSA) is 139 Å². The van der Waals surface area contributed by atoms with Crippen LogP contribution < -0.4 is 5.73 Å². The Bertz CT molecular complexity index is 2070. The normalized spacial score (nSPS) is 11.1. The maximum atomic E-state index is 6.12. The summed E-state index contributed by atoms with van der Waals surface area (Å²) in [4.78, 5) is 33.3. The van der Waals surface area contributed by atoms with Gasteiger partial charge in [-0.2, -0.15) is 9.97 Å². The third-order valence-corrected chi connectivity index (χ3v) is 6.80. The van der Waals surface area contributed by atoms with Gasteiger partial charge in [0.15, 0.2) is 16.4 Å². The molecule has 42 heavy (non-hydrogen) atoms. The number of benzene rings is 2. The fraction of sp³-hybridized carbons (Fsp3) is 0.0714. The predicted molar refractivity (Wildman–Crippen MR) is 163 cm³/mol. The Balaban J connectivity index is 0.000000157. The number of fused-ring (bicyclic) bond motifs is 2. The number of aromatic nitrogens is 10. The van der Waals surface area contributed by atoms with Crippen molar-refractivity contribution in [2.45, 2.75) is 13.8 Å². The van der Waals surface area contributed by atoms with E-state index >= 15 is 0 Å². The second kappa shape index (κ2) is 11.3. The van der Waals surface area contributed by atoms with E-state index in [0.717, 1.165) is 22.5 Å². The van der Waals surface area contributed by atoms with Crippen LogP contribution in [0.15, 0.2) is 73.6 Å². The Morgan fingerprint density at radius 1 is 0.643 bits per heavy atom. The molecule has 0 fully saturated rings. The first-order valence-electron chi connectivity index (χ1n) is 12.5. The zero-order chi connectivity index (χ0) is 29.4. The fourth-order valence-electron chi connectivity index (χ4n) is 4.31. The Kier molecular flexibility index (Phi) is 7.38. The van der Waals surface area contributed by atoms with E-state index in [-0.39, 0.29) is 21.7 Å². The Hall–Kier alpha value is -4.71. The largest absolute Gasteiger partial charge is 0.368 e. The summed E-state index contributed by atoms with van der Waals surface area (Å²) in [6.07, 6.45) is 6.54. The van der Waals surface area contributed by atoms with Crippen molar-refractivity contribution in [3.8, 4) is 22.6 Å². The van der Waals surface area contributed by atoms with E-state index in [1.165, 1.54) is 0 Å². The summed E-state index contributed by atoms with van der Waals surface area (Å²) >= 11 is 17.9. The van der Waals surface area contributed by atoms with E-state index in [9.17, 15) is 0 Å². The lowest BCUT2D eigenvalue weighted by Gasteiger charge is -2.06. The van der Waals surface area contributed by atoms with Crippen LogP contribution in [0.4, 0.5) is 5.95 Å². The third kappa shape index (κ3) is 5.45. The lowest BCUT2D eigenvalue weighted by atomic mass is 10.2. The Morgan fingerprint density at radius 3 is 1.74 bits per heavy atom. The van der Waals surface area contributed by atoms with Gasteiger partial charge in [-0.1, -0.05) is 35.9 Å². The first-order chi connectivity index (χ1) is 20.3. The first kappa shape index (κ1) is 27.5. The van der Waals surface area contributed by atoms with Crippen molar-refractivity contribution in [1.82, 2.24) is 49.0 Å². The summed E-state index contributed by atoms with van der Waals surface area (Å²) in [7, 11) is 0. The summed E-state index contributed by atoms with van der Waals surface area (Å²) in [5, 5.41) is 0.502. The molecule has 0 aliphatic rings. The molecular weight excluding hydrogens is 597 g/mol. The molecule has 0 amide bonds. The predicted octanol–water partition coefficient (Wildman–Crippen LogP) is 6.25. The average molecular weight is 617 g/mol. The fourth-order valence-corrected chi connectivity index (χ4v) is 4.89. The van der Waals surface area contributed by atoms with Crippen molar-refractivity contribution >= 4 is 63.1 Å². The number of hydrogen-bond donors (Lipinski definition) is 1. The minimum absolute atomic E-state index is 0.113. The molecule has 0 saturated heterocycles. The lowest BCUT2D eigenvalue weighted by Crippen LogP contribution is -1.98. The van der Waals surface area contributed by atoms with Gasteiger partial charge in [0.05, 0.1) is 0 Å².